The molecule has 0 atom stereocenters. The zero-order chi connectivity index (χ0) is 14.7. The van der Waals surface area contributed by atoms with Crippen molar-refractivity contribution in [2.45, 2.75) is 10.4 Å². The minimum atomic E-state index is -4.22. The molecule has 19 heavy (non-hydrogen) atoms. The molecule has 1 rings (SSSR count). The van der Waals surface area contributed by atoms with Crippen LogP contribution < -0.4 is 10.5 Å². The van der Waals surface area contributed by atoms with Gasteiger partial charge in [-0.1, -0.05) is 0 Å². The first kappa shape index (κ1) is 15.8. The molecule has 0 unspecified atom stereocenters. The van der Waals surface area contributed by atoms with Crippen molar-refractivity contribution in [2.75, 3.05) is 25.6 Å². The van der Waals surface area contributed by atoms with E-state index in [4.69, 9.17) is 21.1 Å². The summed E-state index contributed by atoms with van der Waals surface area (Å²) < 4.78 is 38.8. The third kappa shape index (κ3) is 3.39. The molecular formula is C10H15FN2O5S. The van der Waals surface area contributed by atoms with Crippen LogP contribution in [-0.2, 0) is 10.0 Å². The normalized spacial score (nSPS) is 12.6. The van der Waals surface area contributed by atoms with Crippen molar-refractivity contribution in [2.24, 2.45) is 0 Å². The molecule has 1 aromatic rings. The molecular weight excluding hydrogens is 279 g/mol. The molecule has 0 fully saturated rings. The fraction of sp³-hybridized carbons (Fsp3) is 0.400. The molecule has 0 heterocycles. The SMILES string of the molecule is Nc1cc(F)ccc1S(=O)(=O)NC(CO)(CO)CO. The van der Waals surface area contributed by atoms with Gasteiger partial charge in [0, 0.05) is 0 Å². The third-order valence-electron chi connectivity index (χ3n) is 2.52. The number of nitrogens with two attached hydrogens (primary N) is 1. The number of sulfonamides is 1. The van der Waals surface area contributed by atoms with Gasteiger partial charge in [0.15, 0.2) is 0 Å². The second-order valence-electron chi connectivity index (χ2n) is 4.04. The summed E-state index contributed by atoms with van der Waals surface area (Å²) in [5, 5.41) is 27.2. The standard InChI is InChI=1S/C10H15FN2O5S/c11-7-1-2-9(8(12)3-7)19(17,18)13-10(4-14,5-15)6-16/h1-3,13-16H,4-6,12H2. The van der Waals surface area contributed by atoms with Crippen molar-refractivity contribution >= 4 is 15.7 Å². The molecule has 0 saturated carbocycles. The number of hydrogen-bond donors (Lipinski definition) is 5. The van der Waals surface area contributed by atoms with Crippen LogP contribution in [0.5, 0.6) is 0 Å². The van der Waals surface area contributed by atoms with E-state index in [2.05, 4.69) is 0 Å². The number of nitrogens with one attached hydrogen (secondary N) is 1. The molecule has 108 valence electrons. The van der Waals surface area contributed by atoms with Crippen molar-refractivity contribution in [1.29, 1.82) is 0 Å². The molecule has 0 amide bonds. The van der Waals surface area contributed by atoms with Crippen LogP contribution >= 0.6 is 0 Å². The van der Waals surface area contributed by atoms with E-state index in [1.54, 1.807) is 0 Å². The van der Waals surface area contributed by atoms with E-state index in [1.165, 1.54) is 0 Å². The second kappa shape index (κ2) is 5.80. The highest BCUT2D eigenvalue weighted by molar-refractivity contribution is 7.89. The Kier molecular flexibility index (Phi) is 4.82. The number of halogens is 1. The lowest BCUT2D eigenvalue weighted by molar-refractivity contribution is 0.0582. The van der Waals surface area contributed by atoms with E-state index < -0.39 is 46.1 Å². The zero-order valence-corrected chi connectivity index (χ0v) is 10.7. The number of benzene rings is 1. The first-order valence-electron chi connectivity index (χ1n) is 5.22. The van der Waals surface area contributed by atoms with Gasteiger partial charge in [0.25, 0.3) is 0 Å². The molecule has 0 aliphatic heterocycles. The Morgan fingerprint density at radius 1 is 1.21 bits per heavy atom. The zero-order valence-electron chi connectivity index (χ0n) is 9.88. The van der Waals surface area contributed by atoms with Gasteiger partial charge in [-0.05, 0) is 18.2 Å². The van der Waals surface area contributed by atoms with Crippen LogP contribution in [0, 0.1) is 5.82 Å². The first-order valence-corrected chi connectivity index (χ1v) is 6.70. The van der Waals surface area contributed by atoms with Crippen LogP contribution in [0.2, 0.25) is 0 Å². The molecule has 1 aromatic carbocycles. The summed E-state index contributed by atoms with van der Waals surface area (Å²) in [6.45, 7) is -2.46. The van der Waals surface area contributed by atoms with Crippen molar-refractivity contribution in [3.63, 3.8) is 0 Å². The van der Waals surface area contributed by atoms with Gasteiger partial charge in [-0.25, -0.2) is 12.8 Å². The molecule has 0 aliphatic rings. The summed E-state index contributed by atoms with van der Waals surface area (Å²) in [7, 11) is -4.22. The molecule has 0 radical (unpaired) electrons. The van der Waals surface area contributed by atoms with Gasteiger partial charge in [0.2, 0.25) is 10.0 Å². The van der Waals surface area contributed by atoms with Gasteiger partial charge in [-0.3, -0.25) is 0 Å². The number of anilines is 1. The Bertz CT molecular complexity index is 537. The molecule has 7 nitrogen and oxygen atoms in total. The van der Waals surface area contributed by atoms with Crippen LogP contribution in [0.25, 0.3) is 0 Å². The highest BCUT2D eigenvalue weighted by Crippen LogP contribution is 2.20. The van der Waals surface area contributed by atoms with Crippen LogP contribution in [0.4, 0.5) is 10.1 Å². The smallest absolute Gasteiger partial charge is 0.243 e. The Labute approximate surface area is 109 Å². The van der Waals surface area contributed by atoms with Crippen LogP contribution in [0.1, 0.15) is 0 Å². The quantitative estimate of drug-likeness (QED) is 0.401. The number of rotatable bonds is 6. The number of aliphatic hydroxyl groups excluding tert-OH is 3. The van der Waals surface area contributed by atoms with Crippen molar-refractivity contribution in [3.05, 3.63) is 24.0 Å². The monoisotopic (exact) mass is 294 g/mol. The average Bonchev–Trinajstić information content (AvgIpc) is 2.35. The van der Waals surface area contributed by atoms with Gasteiger partial charge >= 0.3 is 0 Å². The Hall–Kier alpha value is -1.26. The van der Waals surface area contributed by atoms with Crippen molar-refractivity contribution in [3.8, 4) is 0 Å². The van der Waals surface area contributed by atoms with Gasteiger partial charge < -0.3 is 21.1 Å². The number of hydrogen-bond acceptors (Lipinski definition) is 6. The van der Waals surface area contributed by atoms with E-state index >= 15 is 0 Å². The molecule has 0 aromatic heterocycles. The number of aliphatic hydroxyl groups is 3. The van der Waals surface area contributed by atoms with Gasteiger partial charge in [0.05, 0.1) is 25.5 Å². The molecule has 0 saturated heterocycles. The second-order valence-corrected chi connectivity index (χ2v) is 5.69. The summed E-state index contributed by atoms with van der Waals surface area (Å²) in [5.41, 5.74) is 3.26. The lowest BCUT2D eigenvalue weighted by Gasteiger charge is -2.28. The Morgan fingerprint density at radius 3 is 2.16 bits per heavy atom. The highest BCUT2D eigenvalue weighted by atomic mass is 32.2. The van der Waals surface area contributed by atoms with E-state index in [0.29, 0.717) is 0 Å². The summed E-state index contributed by atoms with van der Waals surface area (Å²) in [5.74, 6) is -0.700. The summed E-state index contributed by atoms with van der Waals surface area (Å²) >= 11 is 0. The van der Waals surface area contributed by atoms with Crippen molar-refractivity contribution in [1.82, 2.24) is 4.72 Å². The molecule has 6 N–H and O–H groups in total. The third-order valence-corrected chi connectivity index (χ3v) is 4.17. The van der Waals surface area contributed by atoms with E-state index in [0.717, 1.165) is 18.2 Å². The predicted molar refractivity (Wildman–Crippen MR) is 65.1 cm³/mol. The number of nitrogen functional groups attached to an aromatic ring is 1. The topological polar surface area (TPSA) is 133 Å². The van der Waals surface area contributed by atoms with E-state index in [9.17, 15) is 12.8 Å². The van der Waals surface area contributed by atoms with E-state index in [1.807, 2.05) is 4.72 Å². The first-order chi connectivity index (χ1) is 8.80. The Morgan fingerprint density at radius 2 is 1.74 bits per heavy atom. The maximum atomic E-state index is 12.9. The van der Waals surface area contributed by atoms with Crippen LogP contribution in [0.3, 0.4) is 0 Å². The van der Waals surface area contributed by atoms with E-state index in [-0.39, 0.29) is 5.69 Å². The lowest BCUT2D eigenvalue weighted by atomic mass is 10.1. The van der Waals surface area contributed by atoms with Crippen LogP contribution in [0.15, 0.2) is 23.1 Å². The fourth-order valence-corrected chi connectivity index (χ4v) is 2.84. The molecule has 0 bridgehead atoms. The Balaban J connectivity index is 3.17. The predicted octanol–water partition coefficient (Wildman–Crippen LogP) is -1.60. The highest BCUT2D eigenvalue weighted by Gasteiger charge is 2.34. The van der Waals surface area contributed by atoms with Gasteiger partial charge in [-0.2, -0.15) is 4.72 Å². The molecule has 9 heteroatoms. The maximum Gasteiger partial charge on any atom is 0.243 e. The summed E-state index contributed by atoms with van der Waals surface area (Å²) in [4.78, 5) is -0.409. The minimum absolute atomic E-state index is 0.324. The summed E-state index contributed by atoms with van der Waals surface area (Å²) in [6, 6.07) is 2.68. The fourth-order valence-electron chi connectivity index (χ4n) is 1.35. The molecule has 0 spiro atoms. The molecule has 0 aliphatic carbocycles. The van der Waals surface area contributed by atoms with Gasteiger partial charge in [-0.15, -0.1) is 0 Å². The van der Waals surface area contributed by atoms with Gasteiger partial charge in [0.1, 0.15) is 16.3 Å². The lowest BCUT2D eigenvalue weighted by Crippen LogP contribution is -2.56. The van der Waals surface area contributed by atoms with Crippen molar-refractivity contribution < 1.29 is 28.1 Å². The summed E-state index contributed by atoms with van der Waals surface area (Å²) in [6.07, 6.45) is 0. The van der Waals surface area contributed by atoms with Crippen LogP contribution in [-0.4, -0.2) is 49.1 Å². The largest absolute Gasteiger partial charge is 0.398 e. The maximum absolute atomic E-state index is 12.9. The average molecular weight is 294 g/mol. The minimum Gasteiger partial charge on any atom is -0.398 e.